The fraction of sp³-hybridized carbons (Fsp3) is 0.351. The smallest absolute Gasteiger partial charge is 0.246 e. The Labute approximate surface area is 310 Å². The Hall–Kier alpha value is -4.99. The van der Waals surface area contributed by atoms with Gasteiger partial charge < -0.3 is 37.6 Å². The maximum atomic E-state index is 14.4. The minimum absolute atomic E-state index is 0.103. The zero-order valence-corrected chi connectivity index (χ0v) is 30.5. The van der Waals surface area contributed by atoms with Crippen molar-refractivity contribution in [3.8, 4) is 0 Å². The number of aliphatic imine (C=N–C) groups is 1. The van der Waals surface area contributed by atoms with E-state index < -0.39 is 47.8 Å². The highest BCUT2D eigenvalue weighted by molar-refractivity contribution is 14.1. The van der Waals surface area contributed by atoms with Crippen LogP contribution in [-0.2, 0) is 56.3 Å². The molecule has 5 amide bonds. The molecule has 51 heavy (non-hydrogen) atoms. The quantitative estimate of drug-likeness (QED) is 0.0784. The third-order valence-corrected chi connectivity index (χ3v) is 10.1. The van der Waals surface area contributed by atoms with Crippen LogP contribution in [0.5, 0.6) is 0 Å². The van der Waals surface area contributed by atoms with Crippen molar-refractivity contribution in [2.24, 2.45) is 22.2 Å². The lowest BCUT2D eigenvalue weighted by atomic mass is 9.92. The van der Waals surface area contributed by atoms with Crippen LogP contribution < -0.4 is 27.8 Å². The van der Waals surface area contributed by atoms with Gasteiger partial charge in [0.05, 0.1) is 0 Å². The van der Waals surface area contributed by atoms with Crippen LogP contribution in [0.2, 0.25) is 0 Å². The third-order valence-electron chi connectivity index (χ3n) is 9.36. The van der Waals surface area contributed by atoms with E-state index in [2.05, 4.69) is 38.2 Å². The van der Waals surface area contributed by atoms with Crippen LogP contribution in [0.4, 0.5) is 0 Å². The van der Waals surface area contributed by atoms with Crippen molar-refractivity contribution < 1.29 is 24.0 Å². The van der Waals surface area contributed by atoms with Gasteiger partial charge >= 0.3 is 0 Å². The van der Waals surface area contributed by atoms with Gasteiger partial charge in [-0.05, 0) is 75.4 Å². The number of amides is 5. The highest BCUT2D eigenvalue weighted by atomic mass is 127. The average molecular weight is 807 g/mol. The minimum atomic E-state index is -1.10. The number of benzene rings is 3. The summed E-state index contributed by atoms with van der Waals surface area (Å²) in [5, 5.41) is 5.77. The predicted octanol–water partition coefficient (Wildman–Crippen LogP) is 1.27. The Balaban J connectivity index is 1.42. The first-order valence-corrected chi connectivity index (χ1v) is 17.9. The van der Waals surface area contributed by atoms with Crippen LogP contribution in [0.25, 0.3) is 0 Å². The summed E-state index contributed by atoms with van der Waals surface area (Å²) in [6.07, 6.45) is 1.13. The number of carbonyl (C=O) groups is 5. The number of primary amides is 1. The molecule has 5 rings (SSSR count). The van der Waals surface area contributed by atoms with E-state index in [1.165, 1.54) is 16.7 Å². The van der Waals surface area contributed by atoms with Gasteiger partial charge in [0.2, 0.25) is 29.5 Å². The number of rotatable bonds is 12. The molecule has 0 fully saturated rings. The van der Waals surface area contributed by atoms with Gasteiger partial charge in [0.1, 0.15) is 24.2 Å². The molecule has 2 aliphatic heterocycles. The number of halogens is 1. The lowest BCUT2D eigenvalue weighted by molar-refractivity contribution is -0.144. The van der Waals surface area contributed by atoms with Gasteiger partial charge in [-0.15, -0.1) is 0 Å². The van der Waals surface area contributed by atoms with Crippen LogP contribution >= 0.6 is 22.6 Å². The van der Waals surface area contributed by atoms with Crippen LogP contribution in [0.15, 0.2) is 77.8 Å². The maximum Gasteiger partial charge on any atom is 0.246 e. The summed E-state index contributed by atoms with van der Waals surface area (Å²) >= 11 is 2.19. The Kier molecular flexibility index (Phi) is 12.3. The van der Waals surface area contributed by atoms with E-state index in [1.54, 1.807) is 0 Å². The zero-order chi connectivity index (χ0) is 36.7. The summed E-state index contributed by atoms with van der Waals surface area (Å²) in [5.74, 6) is -2.59. The monoisotopic (exact) mass is 806 g/mol. The molecule has 0 spiro atoms. The number of hydrogen-bond acceptors (Lipinski definition) is 6. The molecule has 0 saturated carbocycles. The van der Waals surface area contributed by atoms with Gasteiger partial charge in [0, 0.05) is 49.4 Å². The summed E-state index contributed by atoms with van der Waals surface area (Å²) in [6, 6.07) is 18.7. The second-order valence-corrected chi connectivity index (χ2v) is 14.1. The molecule has 0 unspecified atom stereocenters. The van der Waals surface area contributed by atoms with Crippen molar-refractivity contribution in [3.63, 3.8) is 0 Å². The highest BCUT2D eigenvalue weighted by Crippen LogP contribution is 2.26. The maximum absolute atomic E-state index is 14.4. The molecule has 14 heteroatoms. The molecule has 3 aromatic carbocycles. The molecule has 8 N–H and O–H groups in total. The molecule has 0 bridgehead atoms. The second-order valence-electron chi connectivity index (χ2n) is 12.9. The van der Waals surface area contributed by atoms with Gasteiger partial charge in [-0.2, -0.15) is 0 Å². The second kappa shape index (κ2) is 16.8. The molecule has 0 aromatic heterocycles. The van der Waals surface area contributed by atoms with Crippen LogP contribution in [0.1, 0.15) is 47.6 Å². The first-order valence-electron chi connectivity index (χ1n) is 16.8. The average Bonchev–Trinajstić information content (AvgIpc) is 3.11. The zero-order valence-electron chi connectivity index (χ0n) is 28.4. The molecule has 4 atom stereocenters. The van der Waals surface area contributed by atoms with E-state index in [4.69, 9.17) is 17.2 Å². The molecule has 2 aliphatic rings. The fourth-order valence-corrected chi connectivity index (χ4v) is 7.03. The summed E-state index contributed by atoms with van der Waals surface area (Å²) in [5.41, 5.74) is 21.3. The van der Waals surface area contributed by atoms with Gasteiger partial charge in [0.25, 0.3) is 0 Å². The number of carbonyl (C=O) groups excluding carboxylic acids is 5. The highest BCUT2D eigenvalue weighted by Gasteiger charge is 2.39. The molecule has 13 nitrogen and oxygen atoms in total. The topological polar surface area (TPSA) is 206 Å². The van der Waals surface area contributed by atoms with Crippen molar-refractivity contribution >= 4 is 58.1 Å². The van der Waals surface area contributed by atoms with E-state index in [-0.39, 0.29) is 57.2 Å². The van der Waals surface area contributed by atoms with Crippen molar-refractivity contribution in [2.75, 3.05) is 6.54 Å². The summed E-state index contributed by atoms with van der Waals surface area (Å²) in [4.78, 5) is 74.8. The Morgan fingerprint density at radius 2 is 1.35 bits per heavy atom. The predicted molar refractivity (Wildman–Crippen MR) is 200 cm³/mol. The van der Waals surface area contributed by atoms with Gasteiger partial charge in [-0.3, -0.25) is 29.0 Å². The third kappa shape index (κ3) is 9.42. The molecule has 268 valence electrons. The van der Waals surface area contributed by atoms with Crippen LogP contribution in [-0.4, -0.2) is 76.0 Å². The lowest BCUT2D eigenvalue weighted by Gasteiger charge is -2.38. The lowest BCUT2D eigenvalue weighted by Crippen LogP contribution is -2.60. The largest absolute Gasteiger partial charge is 0.370 e. The molecular formula is C37H43IN8O5. The van der Waals surface area contributed by atoms with Gasteiger partial charge in [-0.1, -0.05) is 60.7 Å². The van der Waals surface area contributed by atoms with E-state index in [0.717, 1.165) is 31.4 Å². The summed E-state index contributed by atoms with van der Waals surface area (Å²) < 4.78 is 0.998. The van der Waals surface area contributed by atoms with Crippen LogP contribution in [0, 0.1) is 3.57 Å². The Bertz CT molecular complexity index is 1810. The number of fused-ring (bicyclic) bond motifs is 2. The van der Waals surface area contributed by atoms with Gasteiger partial charge in [0.15, 0.2) is 5.96 Å². The number of hydrogen-bond donors (Lipinski definition) is 5. The molecule has 2 heterocycles. The number of nitrogens with one attached hydrogen (secondary N) is 2. The van der Waals surface area contributed by atoms with Gasteiger partial charge in [-0.25, -0.2) is 0 Å². The molecular weight excluding hydrogens is 763 g/mol. The fourth-order valence-electron chi connectivity index (χ4n) is 6.67. The summed E-state index contributed by atoms with van der Waals surface area (Å²) in [6.45, 7) is 2.02. The van der Waals surface area contributed by atoms with Crippen LogP contribution in [0.3, 0.4) is 0 Å². The summed E-state index contributed by atoms with van der Waals surface area (Å²) in [7, 11) is 0. The Morgan fingerprint density at radius 1 is 0.784 bits per heavy atom. The number of guanidine groups is 1. The SMILES string of the molecule is CC(=O)N1Cc2ccccc2C[C@H]1C(=O)N[C@@H](CCCN=C(N)N)C(=O)N[C@H](Cc1ccc(I)cc1)C(=O)N1Cc2ccccc2C[C@H]1C(N)=O. The first-order chi connectivity index (χ1) is 24.4. The number of nitrogens with two attached hydrogens (primary N) is 3. The molecule has 0 saturated heterocycles. The minimum Gasteiger partial charge on any atom is -0.370 e. The first kappa shape index (κ1) is 37.3. The number of nitrogens with zero attached hydrogens (tertiary/aromatic N) is 3. The normalized spacial score (nSPS) is 17.6. The van der Waals surface area contributed by atoms with Crippen molar-refractivity contribution in [1.29, 1.82) is 0 Å². The molecule has 0 radical (unpaired) electrons. The van der Waals surface area contributed by atoms with E-state index in [0.29, 0.717) is 6.42 Å². The van der Waals surface area contributed by atoms with Crippen molar-refractivity contribution in [1.82, 2.24) is 20.4 Å². The van der Waals surface area contributed by atoms with Crippen molar-refractivity contribution in [2.45, 2.75) is 76.3 Å². The standard InChI is InChI=1S/C37H43IN8O5/c1-22(47)45-20-26-9-4-3-8-25(26)19-32(45)35(50)43-29(11-6-16-42-37(40)41)34(49)44-30(17-23-12-14-28(38)15-13-23)36(51)46-21-27-10-5-2-7-24(27)18-31(46)33(39)48/h2-5,7-10,12-15,29-32H,6,11,16-21H2,1H3,(H2,39,48)(H,43,50)(H,44,49)(H4,40,41,42)/t29-,30+,31-,32-/m0/s1. The van der Waals surface area contributed by atoms with E-state index >= 15 is 0 Å². The molecule has 3 aromatic rings. The van der Waals surface area contributed by atoms with E-state index in [9.17, 15) is 24.0 Å². The Morgan fingerprint density at radius 3 is 1.92 bits per heavy atom. The van der Waals surface area contributed by atoms with Crippen molar-refractivity contribution in [3.05, 3.63) is 104 Å². The molecule has 0 aliphatic carbocycles. The van der Waals surface area contributed by atoms with E-state index in [1.807, 2.05) is 72.8 Å².